The Hall–Kier alpha value is -1.76. The topological polar surface area (TPSA) is 66.6 Å². The van der Waals surface area contributed by atoms with Crippen LogP contribution in [-0.2, 0) is 0 Å². The van der Waals surface area contributed by atoms with Gasteiger partial charge in [0.05, 0.1) is 4.92 Å². The molecule has 0 amide bonds. The second-order valence-electron chi connectivity index (χ2n) is 5.42. The van der Waals surface area contributed by atoms with E-state index in [0.29, 0.717) is 0 Å². The lowest BCUT2D eigenvalue weighted by atomic mass is 9.82. The van der Waals surface area contributed by atoms with Crippen LogP contribution >= 0.6 is 0 Å². The van der Waals surface area contributed by atoms with Crippen LogP contribution in [0.15, 0.2) is 18.2 Å². The molecule has 0 radical (unpaired) electrons. The van der Waals surface area contributed by atoms with E-state index in [0.717, 1.165) is 6.07 Å². The molecule has 1 saturated heterocycles. The normalized spacial score (nSPS) is 17.4. The van der Waals surface area contributed by atoms with Crippen LogP contribution in [0, 0.1) is 16.0 Å². The molecule has 0 bridgehead atoms. The van der Waals surface area contributed by atoms with Crippen LogP contribution < -0.4 is 4.90 Å². The molecule has 1 aliphatic heterocycles. The molecule has 2 rings (SSSR count). The molecular formula is C13H16F2N2O3. The van der Waals surface area contributed by atoms with E-state index in [1.165, 1.54) is 12.1 Å². The monoisotopic (exact) mass is 286 g/mol. The van der Waals surface area contributed by atoms with E-state index < -0.39 is 16.9 Å². The highest BCUT2D eigenvalue weighted by Gasteiger charge is 2.44. The van der Waals surface area contributed by atoms with Gasteiger partial charge in [0.15, 0.2) is 0 Å². The summed E-state index contributed by atoms with van der Waals surface area (Å²) in [6.07, 6.45) is -2.79. The van der Waals surface area contributed by atoms with Crippen LogP contribution in [-0.4, -0.2) is 28.7 Å². The van der Waals surface area contributed by atoms with Gasteiger partial charge in [0.25, 0.3) is 12.1 Å². The lowest BCUT2D eigenvalue weighted by Gasteiger charge is -2.50. The van der Waals surface area contributed by atoms with Crippen molar-refractivity contribution in [2.45, 2.75) is 25.9 Å². The summed E-state index contributed by atoms with van der Waals surface area (Å²) in [6.45, 7) is 4.23. The van der Waals surface area contributed by atoms with Crippen molar-refractivity contribution in [3.8, 4) is 0 Å². The fraction of sp³-hybridized carbons (Fsp3) is 0.538. The Balaban J connectivity index is 2.28. The van der Waals surface area contributed by atoms with Crippen LogP contribution in [0.2, 0.25) is 0 Å². The zero-order chi connectivity index (χ0) is 15.1. The third kappa shape index (κ3) is 2.45. The Labute approximate surface area is 115 Å². The molecule has 1 fully saturated rings. The van der Waals surface area contributed by atoms with E-state index >= 15 is 0 Å². The number of nitrogens with zero attached hydrogens (tertiary/aromatic N) is 2. The predicted molar refractivity (Wildman–Crippen MR) is 70.1 cm³/mol. The fourth-order valence-electron chi connectivity index (χ4n) is 2.27. The fourth-order valence-corrected chi connectivity index (χ4v) is 2.27. The number of nitro groups is 1. The molecule has 0 spiro atoms. The molecule has 1 heterocycles. The Morgan fingerprint density at radius 2 is 2.00 bits per heavy atom. The number of aliphatic hydroxyl groups is 1. The largest absolute Gasteiger partial charge is 0.386 e. The highest BCUT2D eigenvalue weighted by Crippen LogP contribution is 2.39. The van der Waals surface area contributed by atoms with Gasteiger partial charge < -0.3 is 10.0 Å². The number of anilines is 1. The van der Waals surface area contributed by atoms with Gasteiger partial charge in [0.2, 0.25) is 0 Å². The van der Waals surface area contributed by atoms with Crippen molar-refractivity contribution in [3.63, 3.8) is 0 Å². The smallest absolute Gasteiger partial charge is 0.270 e. The summed E-state index contributed by atoms with van der Waals surface area (Å²) in [5.74, 6) is 0.0202. The lowest BCUT2D eigenvalue weighted by Crippen LogP contribution is -2.65. The number of hydrogen-bond donors (Lipinski definition) is 1. The molecule has 7 heteroatoms. The maximum Gasteiger partial charge on any atom is 0.270 e. The summed E-state index contributed by atoms with van der Waals surface area (Å²) >= 11 is 0. The van der Waals surface area contributed by atoms with Gasteiger partial charge in [-0.2, -0.15) is 0 Å². The summed E-state index contributed by atoms with van der Waals surface area (Å²) in [5, 5.41) is 20.8. The molecule has 1 aromatic carbocycles. The van der Waals surface area contributed by atoms with Crippen LogP contribution in [0.25, 0.3) is 0 Å². The van der Waals surface area contributed by atoms with Gasteiger partial charge >= 0.3 is 0 Å². The summed E-state index contributed by atoms with van der Waals surface area (Å²) in [6, 6.07) is 3.42. The number of alkyl halides is 2. The first-order valence-electron chi connectivity index (χ1n) is 6.28. The molecule has 1 aliphatic rings. The van der Waals surface area contributed by atoms with Gasteiger partial charge in [-0.3, -0.25) is 10.1 Å². The molecule has 20 heavy (non-hydrogen) atoms. The molecule has 1 aromatic rings. The number of benzene rings is 1. The highest BCUT2D eigenvalue weighted by molar-refractivity contribution is 5.60. The maximum absolute atomic E-state index is 13.0. The molecule has 5 nitrogen and oxygen atoms in total. The number of rotatable bonds is 4. The van der Waals surface area contributed by atoms with Gasteiger partial charge in [0.1, 0.15) is 5.60 Å². The zero-order valence-electron chi connectivity index (χ0n) is 11.2. The van der Waals surface area contributed by atoms with E-state index in [1.54, 1.807) is 4.90 Å². The molecule has 0 atom stereocenters. The van der Waals surface area contributed by atoms with Crippen molar-refractivity contribution in [2.24, 2.45) is 5.92 Å². The van der Waals surface area contributed by atoms with Crippen LogP contribution in [0.3, 0.4) is 0 Å². The molecular weight excluding hydrogens is 270 g/mol. The van der Waals surface area contributed by atoms with Crippen LogP contribution in [0.1, 0.15) is 25.8 Å². The van der Waals surface area contributed by atoms with Gasteiger partial charge in [-0.25, -0.2) is 8.78 Å². The minimum Gasteiger partial charge on any atom is -0.386 e. The average Bonchev–Trinajstić information content (AvgIpc) is 2.33. The Morgan fingerprint density at radius 3 is 2.45 bits per heavy atom. The van der Waals surface area contributed by atoms with E-state index in [9.17, 15) is 24.0 Å². The van der Waals surface area contributed by atoms with E-state index in [4.69, 9.17) is 0 Å². The quantitative estimate of drug-likeness (QED) is 0.682. The summed E-state index contributed by atoms with van der Waals surface area (Å²) < 4.78 is 26.1. The lowest BCUT2D eigenvalue weighted by molar-refractivity contribution is -0.385. The van der Waals surface area contributed by atoms with Gasteiger partial charge in [0, 0.05) is 36.5 Å². The van der Waals surface area contributed by atoms with Gasteiger partial charge in [-0.15, -0.1) is 0 Å². The number of hydrogen-bond acceptors (Lipinski definition) is 4. The van der Waals surface area contributed by atoms with Gasteiger partial charge in [-0.05, 0) is 12.0 Å². The van der Waals surface area contributed by atoms with Crippen molar-refractivity contribution in [1.29, 1.82) is 0 Å². The third-order valence-corrected chi connectivity index (χ3v) is 3.80. The molecule has 0 saturated carbocycles. The first kappa shape index (κ1) is 14.6. The molecule has 0 unspecified atom stereocenters. The average molecular weight is 286 g/mol. The Kier molecular flexibility index (Phi) is 3.64. The van der Waals surface area contributed by atoms with E-state index in [1.807, 2.05) is 13.8 Å². The van der Waals surface area contributed by atoms with E-state index in [2.05, 4.69) is 0 Å². The number of halogens is 2. The predicted octanol–water partition coefficient (Wildman–Crippen LogP) is 2.74. The summed E-state index contributed by atoms with van der Waals surface area (Å²) in [4.78, 5) is 11.6. The number of nitro benzene ring substituents is 1. The van der Waals surface area contributed by atoms with Crippen LogP contribution in [0.4, 0.5) is 20.2 Å². The minimum atomic E-state index is -2.79. The Bertz CT molecular complexity index is 528. The number of non-ortho nitro benzene ring substituents is 1. The van der Waals surface area contributed by atoms with Crippen molar-refractivity contribution < 1.29 is 18.8 Å². The first-order valence-corrected chi connectivity index (χ1v) is 6.28. The van der Waals surface area contributed by atoms with Crippen molar-refractivity contribution in [2.75, 3.05) is 18.0 Å². The van der Waals surface area contributed by atoms with Crippen molar-refractivity contribution >= 4 is 11.4 Å². The minimum absolute atomic E-state index is 0.0202. The Morgan fingerprint density at radius 1 is 1.40 bits per heavy atom. The first-order chi connectivity index (χ1) is 9.24. The van der Waals surface area contributed by atoms with E-state index in [-0.39, 0.29) is 35.9 Å². The molecule has 0 aromatic heterocycles. The van der Waals surface area contributed by atoms with Crippen molar-refractivity contribution in [1.82, 2.24) is 0 Å². The molecule has 110 valence electrons. The molecule has 1 N–H and O–H groups in total. The molecule has 0 aliphatic carbocycles. The van der Waals surface area contributed by atoms with Crippen molar-refractivity contribution in [3.05, 3.63) is 33.9 Å². The highest BCUT2D eigenvalue weighted by atomic mass is 19.3. The second-order valence-corrected chi connectivity index (χ2v) is 5.42. The second kappa shape index (κ2) is 4.97. The maximum atomic E-state index is 13.0. The summed E-state index contributed by atoms with van der Waals surface area (Å²) in [5.41, 5.74) is -1.37. The number of β-amino-alcohol motifs (C(OH)–C–C–N with tert-alkyl or cyclic N) is 1. The summed E-state index contributed by atoms with van der Waals surface area (Å²) in [7, 11) is 0. The van der Waals surface area contributed by atoms with Crippen LogP contribution in [0.5, 0.6) is 0 Å². The SMILES string of the molecule is CC(C)C1(O)CN(c2ccc([N+](=O)[O-])cc2C(F)F)C1. The standard InChI is InChI=1S/C13H16F2N2O3/c1-8(2)13(18)6-16(7-13)11-4-3-9(17(19)20)5-10(11)12(14)15/h3-5,8,12,18H,6-7H2,1-2H3. The zero-order valence-corrected chi connectivity index (χ0v) is 11.2. The third-order valence-electron chi connectivity index (χ3n) is 3.80. The van der Waals surface area contributed by atoms with Gasteiger partial charge in [-0.1, -0.05) is 13.8 Å².